The summed E-state index contributed by atoms with van der Waals surface area (Å²) in [7, 11) is 0. The molecule has 0 aromatic heterocycles. The van der Waals surface area contributed by atoms with E-state index in [4.69, 9.17) is 5.11 Å². The Labute approximate surface area is 98.3 Å². The van der Waals surface area contributed by atoms with Crippen LogP contribution < -0.4 is 5.32 Å². The van der Waals surface area contributed by atoms with E-state index in [9.17, 15) is 5.11 Å². The molecule has 1 aromatic carbocycles. The monoisotopic (exact) mass is 273 g/mol. The van der Waals surface area contributed by atoms with Crippen molar-refractivity contribution < 1.29 is 10.2 Å². The Morgan fingerprint density at radius 3 is 2.80 bits per heavy atom. The number of aliphatic hydroxyl groups excluding tert-OH is 1. The summed E-state index contributed by atoms with van der Waals surface area (Å²) < 4.78 is 0.693. The molecule has 0 amide bonds. The summed E-state index contributed by atoms with van der Waals surface area (Å²) >= 11 is 3.26. The van der Waals surface area contributed by atoms with Crippen molar-refractivity contribution >= 4 is 15.9 Å². The Balaban J connectivity index is 2.61. The van der Waals surface area contributed by atoms with Crippen LogP contribution in [0.2, 0.25) is 0 Å². The van der Waals surface area contributed by atoms with Crippen LogP contribution in [0.25, 0.3) is 0 Å². The highest BCUT2D eigenvalue weighted by molar-refractivity contribution is 9.10. The average molecular weight is 274 g/mol. The second-order valence-electron chi connectivity index (χ2n) is 3.42. The van der Waals surface area contributed by atoms with Gasteiger partial charge in [-0.1, -0.05) is 19.1 Å². The van der Waals surface area contributed by atoms with Gasteiger partial charge in [0.15, 0.2) is 0 Å². The zero-order valence-electron chi connectivity index (χ0n) is 8.70. The average Bonchev–Trinajstić information content (AvgIpc) is 2.25. The van der Waals surface area contributed by atoms with Gasteiger partial charge >= 0.3 is 0 Å². The lowest BCUT2D eigenvalue weighted by atomic mass is 10.1. The van der Waals surface area contributed by atoms with Crippen molar-refractivity contribution in [2.75, 3.05) is 6.61 Å². The van der Waals surface area contributed by atoms with E-state index in [2.05, 4.69) is 21.2 Å². The first-order valence-electron chi connectivity index (χ1n) is 4.99. The first-order chi connectivity index (χ1) is 7.19. The highest BCUT2D eigenvalue weighted by atomic mass is 79.9. The molecular formula is C11H16BrNO2. The van der Waals surface area contributed by atoms with Crippen molar-refractivity contribution in [2.24, 2.45) is 0 Å². The Kier molecular flexibility index (Phi) is 5.08. The molecule has 0 bridgehead atoms. The van der Waals surface area contributed by atoms with E-state index in [1.165, 1.54) is 0 Å². The van der Waals surface area contributed by atoms with E-state index >= 15 is 0 Å². The number of para-hydroxylation sites is 1. The van der Waals surface area contributed by atoms with Gasteiger partial charge in [0.25, 0.3) is 0 Å². The molecule has 0 spiro atoms. The van der Waals surface area contributed by atoms with Crippen molar-refractivity contribution in [3.05, 3.63) is 28.2 Å². The molecule has 0 heterocycles. The molecule has 0 saturated carbocycles. The predicted octanol–water partition coefficient (Wildman–Crippen LogP) is 2.02. The lowest BCUT2D eigenvalue weighted by Gasteiger charge is -2.14. The van der Waals surface area contributed by atoms with Crippen LogP contribution in [-0.2, 0) is 6.54 Å². The van der Waals surface area contributed by atoms with Gasteiger partial charge in [-0.15, -0.1) is 0 Å². The number of phenols is 1. The fraction of sp³-hybridized carbons (Fsp3) is 0.455. The van der Waals surface area contributed by atoms with Gasteiger partial charge < -0.3 is 15.5 Å². The first-order valence-corrected chi connectivity index (χ1v) is 5.79. The SMILES string of the molecule is CCC(CO)NCc1cccc(Br)c1O. The Hall–Kier alpha value is -0.580. The van der Waals surface area contributed by atoms with Crippen LogP contribution in [-0.4, -0.2) is 22.9 Å². The van der Waals surface area contributed by atoms with Crippen LogP contribution in [0, 0.1) is 0 Å². The maximum atomic E-state index is 9.71. The number of hydrogen-bond acceptors (Lipinski definition) is 3. The summed E-state index contributed by atoms with van der Waals surface area (Å²) in [5, 5.41) is 21.9. The predicted molar refractivity (Wildman–Crippen MR) is 63.8 cm³/mol. The largest absolute Gasteiger partial charge is 0.506 e. The maximum absolute atomic E-state index is 9.71. The molecule has 1 unspecified atom stereocenters. The summed E-state index contributed by atoms with van der Waals surface area (Å²) in [5.74, 6) is 0.262. The number of aromatic hydroxyl groups is 1. The third kappa shape index (κ3) is 3.48. The standard InChI is InChI=1S/C11H16BrNO2/c1-2-9(7-14)13-6-8-4-3-5-10(12)11(8)15/h3-5,9,13-15H,2,6-7H2,1H3. The van der Waals surface area contributed by atoms with Gasteiger partial charge in [0.05, 0.1) is 11.1 Å². The molecule has 3 nitrogen and oxygen atoms in total. The first kappa shape index (κ1) is 12.5. The molecule has 1 rings (SSSR count). The van der Waals surface area contributed by atoms with Gasteiger partial charge in [-0.25, -0.2) is 0 Å². The van der Waals surface area contributed by atoms with Crippen LogP contribution in [0.3, 0.4) is 0 Å². The minimum Gasteiger partial charge on any atom is -0.506 e. The number of halogens is 1. The normalized spacial score (nSPS) is 12.7. The Bertz CT molecular complexity index is 313. The topological polar surface area (TPSA) is 52.5 Å². The van der Waals surface area contributed by atoms with E-state index in [-0.39, 0.29) is 18.4 Å². The molecule has 0 fully saturated rings. The lowest BCUT2D eigenvalue weighted by molar-refractivity contribution is 0.238. The van der Waals surface area contributed by atoms with Crippen molar-refractivity contribution in [1.82, 2.24) is 5.32 Å². The molecule has 15 heavy (non-hydrogen) atoms. The molecule has 0 saturated heterocycles. The van der Waals surface area contributed by atoms with E-state index in [1.807, 2.05) is 19.1 Å². The van der Waals surface area contributed by atoms with E-state index in [0.29, 0.717) is 11.0 Å². The summed E-state index contributed by atoms with van der Waals surface area (Å²) in [4.78, 5) is 0. The number of aliphatic hydroxyl groups is 1. The molecule has 1 atom stereocenters. The van der Waals surface area contributed by atoms with Crippen LogP contribution in [0.4, 0.5) is 0 Å². The number of hydrogen-bond donors (Lipinski definition) is 3. The minimum absolute atomic E-state index is 0.0865. The van der Waals surface area contributed by atoms with Gasteiger partial charge in [-0.2, -0.15) is 0 Å². The van der Waals surface area contributed by atoms with Crippen LogP contribution in [0.5, 0.6) is 5.75 Å². The highest BCUT2D eigenvalue weighted by Crippen LogP contribution is 2.27. The van der Waals surface area contributed by atoms with Gasteiger partial charge in [-0.05, 0) is 28.4 Å². The van der Waals surface area contributed by atoms with Crippen molar-refractivity contribution in [2.45, 2.75) is 25.9 Å². The van der Waals surface area contributed by atoms with Crippen molar-refractivity contribution in [3.8, 4) is 5.75 Å². The minimum atomic E-state index is 0.0865. The van der Waals surface area contributed by atoms with Crippen LogP contribution in [0.1, 0.15) is 18.9 Å². The zero-order valence-corrected chi connectivity index (χ0v) is 10.3. The van der Waals surface area contributed by atoms with E-state index in [1.54, 1.807) is 6.07 Å². The quantitative estimate of drug-likeness (QED) is 0.770. The maximum Gasteiger partial charge on any atom is 0.134 e. The van der Waals surface area contributed by atoms with Gasteiger partial charge in [-0.3, -0.25) is 0 Å². The van der Waals surface area contributed by atoms with Crippen molar-refractivity contribution in [1.29, 1.82) is 0 Å². The summed E-state index contributed by atoms with van der Waals surface area (Å²) in [6.07, 6.45) is 0.866. The summed E-state index contributed by atoms with van der Waals surface area (Å²) in [6.45, 7) is 2.68. The molecule has 4 heteroatoms. The second-order valence-corrected chi connectivity index (χ2v) is 4.27. The number of benzene rings is 1. The van der Waals surface area contributed by atoms with Crippen molar-refractivity contribution in [3.63, 3.8) is 0 Å². The number of phenolic OH excluding ortho intramolecular Hbond substituents is 1. The summed E-state index contributed by atoms with van der Waals surface area (Å²) in [5.41, 5.74) is 0.830. The van der Waals surface area contributed by atoms with E-state index in [0.717, 1.165) is 12.0 Å². The number of nitrogens with one attached hydrogen (secondary N) is 1. The molecule has 3 N–H and O–H groups in total. The second kappa shape index (κ2) is 6.10. The van der Waals surface area contributed by atoms with Crippen LogP contribution >= 0.6 is 15.9 Å². The number of rotatable bonds is 5. The molecule has 1 aromatic rings. The molecule has 0 aliphatic rings. The molecular weight excluding hydrogens is 258 g/mol. The Morgan fingerprint density at radius 2 is 2.20 bits per heavy atom. The van der Waals surface area contributed by atoms with Gasteiger partial charge in [0.2, 0.25) is 0 Å². The lowest BCUT2D eigenvalue weighted by Crippen LogP contribution is -2.31. The smallest absolute Gasteiger partial charge is 0.134 e. The zero-order chi connectivity index (χ0) is 11.3. The molecule has 0 aliphatic carbocycles. The highest BCUT2D eigenvalue weighted by Gasteiger charge is 2.07. The van der Waals surface area contributed by atoms with Gasteiger partial charge in [0, 0.05) is 18.2 Å². The fourth-order valence-electron chi connectivity index (χ4n) is 1.29. The molecule has 0 aliphatic heterocycles. The van der Waals surface area contributed by atoms with E-state index < -0.39 is 0 Å². The third-order valence-electron chi connectivity index (χ3n) is 2.36. The molecule has 0 radical (unpaired) electrons. The van der Waals surface area contributed by atoms with Crippen LogP contribution in [0.15, 0.2) is 22.7 Å². The summed E-state index contributed by atoms with van der Waals surface area (Å²) in [6, 6.07) is 5.61. The third-order valence-corrected chi connectivity index (χ3v) is 3.00. The molecule has 84 valence electrons. The Morgan fingerprint density at radius 1 is 1.47 bits per heavy atom. The van der Waals surface area contributed by atoms with Gasteiger partial charge in [0.1, 0.15) is 5.75 Å². The fourth-order valence-corrected chi connectivity index (χ4v) is 1.70.